The van der Waals surface area contributed by atoms with Gasteiger partial charge in [-0.05, 0) is 24.6 Å². The summed E-state index contributed by atoms with van der Waals surface area (Å²) in [6, 6.07) is 0. The van der Waals surface area contributed by atoms with Gasteiger partial charge in [0.15, 0.2) is 0 Å². The van der Waals surface area contributed by atoms with E-state index >= 15 is 0 Å². The number of thiocyanates is 1. The summed E-state index contributed by atoms with van der Waals surface area (Å²) in [4.78, 5) is 10.0. The number of rotatable bonds is 6. The Morgan fingerprint density at radius 1 is 1.45 bits per heavy atom. The Bertz CT molecular complexity index is 153. The number of carbonyl (C=O) groups is 1. The van der Waals surface area contributed by atoms with Gasteiger partial charge in [-0.3, -0.25) is 4.79 Å². The van der Waals surface area contributed by atoms with Gasteiger partial charge >= 0.3 is 5.97 Å². The summed E-state index contributed by atoms with van der Waals surface area (Å²) >= 11 is 1.23. The van der Waals surface area contributed by atoms with Gasteiger partial charge in [-0.15, -0.1) is 0 Å². The molecule has 0 aromatic heterocycles. The summed E-state index contributed by atoms with van der Waals surface area (Å²) < 4.78 is 0. The second kappa shape index (κ2) is 7.42. The summed E-state index contributed by atoms with van der Waals surface area (Å²) in [5.74, 6) is 0.0776. The Kier molecular flexibility index (Phi) is 6.95. The van der Waals surface area contributed by atoms with Crippen molar-refractivity contribution >= 4 is 17.7 Å². The van der Waals surface area contributed by atoms with E-state index in [-0.39, 0.29) is 6.42 Å². The molecule has 4 heteroatoms. The molecule has 0 radical (unpaired) electrons. The molecule has 0 fully saturated rings. The zero-order valence-corrected chi connectivity index (χ0v) is 7.06. The number of hydrogen-bond donors (Lipinski definition) is 1. The topological polar surface area (TPSA) is 61.1 Å². The molecular weight excluding hydrogens is 162 g/mol. The highest BCUT2D eigenvalue weighted by Gasteiger charge is 1.95. The highest BCUT2D eigenvalue weighted by Crippen LogP contribution is 2.05. The average Bonchev–Trinajstić information content (AvgIpc) is 1.96. The molecule has 0 aromatic carbocycles. The Balaban J connectivity index is 2.92. The lowest BCUT2D eigenvalue weighted by Crippen LogP contribution is -1.93. The molecule has 0 rings (SSSR count). The molecule has 0 aliphatic carbocycles. The maximum Gasteiger partial charge on any atom is 0.303 e. The van der Waals surface area contributed by atoms with E-state index in [4.69, 9.17) is 10.4 Å². The van der Waals surface area contributed by atoms with E-state index in [1.165, 1.54) is 11.8 Å². The van der Waals surface area contributed by atoms with Gasteiger partial charge in [0, 0.05) is 12.2 Å². The number of nitriles is 1. The molecule has 0 unspecified atom stereocenters. The average molecular weight is 173 g/mol. The fraction of sp³-hybridized carbons (Fsp3) is 0.714. The predicted octanol–water partition coefficient (Wildman–Crippen LogP) is 1.85. The number of unbranched alkanes of at least 4 members (excludes halogenated alkanes) is 2. The summed E-state index contributed by atoms with van der Waals surface area (Å²) in [6.45, 7) is 0. The minimum atomic E-state index is -0.738. The van der Waals surface area contributed by atoms with Crippen LogP contribution in [0.5, 0.6) is 0 Å². The highest BCUT2D eigenvalue weighted by atomic mass is 32.2. The zero-order valence-electron chi connectivity index (χ0n) is 6.25. The van der Waals surface area contributed by atoms with Crippen molar-refractivity contribution in [3.8, 4) is 5.40 Å². The van der Waals surface area contributed by atoms with E-state index < -0.39 is 5.97 Å². The first-order chi connectivity index (χ1) is 5.27. The van der Waals surface area contributed by atoms with Gasteiger partial charge in [0.25, 0.3) is 0 Å². The van der Waals surface area contributed by atoms with Crippen LogP contribution in [0.15, 0.2) is 0 Å². The number of thioether (sulfide) groups is 1. The zero-order chi connectivity index (χ0) is 8.53. The second-order valence-corrected chi connectivity index (χ2v) is 3.02. The third-order valence-corrected chi connectivity index (χ3v) is 1.82. The standard InChI is InChI=1S/C7H11NO2S/c8-6-11-5-3-1-2-4-7(9)10/h1-5H2,(H,9,10). The molecule has 0 atom stereocenters. The molecular formula is C7H11NO2S. The Morgan fingerprint density at radius 2 is 2.18 bits per heavy atom. The molecule has 11 heavy (non-hydrogen) atoms. The van der Waals surface area contributed by atoms with Crippen LogP contribution in [0.25, 0.3) is 0 Å². The Hall–Kier alpha value is -0.690. The summed E-state index contributed by atoms with van der Waals surface area (Å²) in [5.41, 5.74) is 0. The van der Waals surface area contributed by atoms with Gasteiger partial charge in [-0.1, -0.05) is 6.42 Å². The quantitative estimate of drug-likeness (QED) is 0.492. The van der Waals surface area contributed by atoms with Crippen LogP contribution in [0.4, 0.5) is 0 Å². The Labute approximate surface area is 70.4 Å². The number of aliphatic carboxylic acids is 1. The summed E-state index contributed by atoms with van der Waals surface area (Å²) in [5, 5.41) is 18.4. The van der Waals surface area contributed by atoms with Gasteiger partial charge in [-0.25, -0.2) is 0 Å². The van der Waals surface area contributed by atoms with Crippen LogP contribution in [0.1, 0.15) is 25.7 Å². The van der Waals surface area contributed by atoms with Gasteiger partial charge in [0.2, 0.25) is 0 Å². The van der Waals surface area contributed by atoms with Crippen LogP contribution in [0, 0.1) is 10.7 Å². The molecule has 0 aliphatic heterocycles. The van der Waals surface area contributed by atoms with Gasteiger partial charge in [-0.2, -0.15) is 5.26 Å². The molecule has 0 bridgehead atoms. The molecule has 0 aromatic rings. The van der Waals surface area contributed by atoms with Gasteiger partial charge in [0.05, 0.1) is 0 Å². The molecule has 1 N–H and O–H groups in total. The van der Waals surface area contributed by atoms with Crippen molar-refractivity contribution in [1.82, 2.24) is 0 Å². The minimum Gasteiger partial charge on any atom is -0.481 e. The lowest BCUT2D eigenvalue weighted by Gasteiger charge is -1.94. The van der Waals surface area contributed by atoms with Crippen molar-refractivity contribution in [2.45, 2.75) is 25.7 Å². The largest absolute Gasteiger partial charge is 0.481 e. The molecule has 0 aliphatic rings. The highest BCUT2D eigenvalue weighted by molar-refractivity contribution is 8.03. The van der Waals surface area contributed by atoms with Crippen LogP contribution in [-0.2, 0) is 4.79 Å². The molecule has 0 heterocycles. The van der Waals surface area contributed by atoms with Gasteiger partial charge < -0.3 is 5.11 Å². The van der Waals surface area contributed by atoms with Crippen LogP contribution in [0.2, 0.25) is 0 Å². The fourth-order valence-corrected chi connectivity index (χ4v) is 1.11. The Morgan fingerprint density at radius 3 is 2.73 bits per heavy atom. The fourth-order valence-electron chi connectivity index (χ4n) is 0.673. The lowest BCUT2D eigenvalue weighted by molar-refractivity contribution is -0.137. The first kappa shape index (κ1) is 10.3. The first-order valence-electron chi connectivity index (χ1n) is 3.50. The number of nitrogens with zero attached hydrogens (tertiary/aromatic N) is 1. The van der Waals surface area contributed by atoms with E-state index in [1.807, 2.05) is 5.40 Å². The molecule has 0 amide bonds. The van der Waals surface area contributed by atoms with E-state index in [0.717, 1.165) is 25.0 Å². The third kappa shape index (κ3) is 9.31. The maximum absolute atomic E-state index is 10.0. The van der Waals surface area contributed by atoms with Crippen molar-refractivity contribution in [3.63, 3.8) is 0 Å². The monoisotopic (exact) mass is 173 g/mol. The summed E-state index contributed by atoms with van der Waals surface area (Å²) in [6.07, 6.45) is 2.81. The van der Waals surface area contributed by atoms with E-state index in [9.17, 15) is 4.79 Å². The van der Waals surface area contributed by atoms with Crippen LogP contribution < -0.4 is 0 Å². The SMILES string of the molecule is N#CSCCCCCC(=O)O. The minimum absolute atomic E-state index is 0.247. The first-order valence-corrected chi connectivity index (χ1v) is 4.48. The molecule has 62 valence electrons. The smallest absolute Gasteiger partial charge is 0.303 e. The normalized spacial score (nSPS) is 9.00. The van der Waals surface area contributed by atoms with Crippen LogP contribution in [-0.4, -0.2) is 16.8 Å². The third-order valence-electron chi connectivity index (χ3n) is 1.20. The van der Waals surface area contributed by atoms with Crippen molar-refractivity contribution < 1.29 is 9.90 Å². The van der Waals surface area contributed by atoms with Crippen molar-refractivity contribution in [3.05, 3.63) is 0 Å². The van der Waals surface area contributed by atoms with E-state index in [2.05, 4.69) is 0 Å². The van der Waals surface area contributed by atoms with Crippen LogP contribution in [0.3, 0.4) is 0 Å². The van der Waals surface area contributed by atoms with Crippen molar-refractivity contribution in [2.24, 2.45) is 0 Å². The summed E-state index contributed by atoms with van der Waals surface area (Å²) in [7, 11) is 0. The van der Waals surface area contributed by atoms with Crippen LogP contribution >= 0.6 is 11.8 Å². The second-order valence-electron chi connectivity index (χ2n) is 2.14. The number of carboxylic acid groups (broad SMARTS) is 1. The van der Waals surface area contributed by atoms with E-state index in [1.54, 1.807) is 0 Å². The number of hydrogen-bond acceptors (Lipinski definition) is 3. The predicted molar refractivity (Wildman–Crippen MR) is 44.2 cm³/mol. The van der Waals surface area contributed by atoms with E-state index in [0.29, 0.717) is 0 Å². The van der Waals surface area contributed by atoms with Gasteiger partial charge in [0.1, 0.15) is 5.40 Å². The van der Waals surface area contributed by atoms with Crippen molar-refractivity contribution in [1.29, 1.82) is 5.26 Å². The van der Waals surface area contributed by atoms with Crippen molar-refractivity contribution in [2.75, 3.05) is 5.75 Å². The molecule has 0 spiro atoms. The molecule has 0 saturated carbocycles. The molecule has 3 nitrogen and oxygen atoms in total. The maximum atomic E-state index is 10.0. The number of carboxylic acids is 1. The molecule has 0 saturated heterocycles. The lowest BCUT2D eigenvalue weighted by atomic mass is 10.2.